The van der Waals surface area contributed by atoms with Gasteiger partial charge in [-0.05, 0) is 43.7 Å². The van der Waals surface area contributed by atoms with Crippen molar-refractivity contribution in [3.63, 3.8) is 0 Å². The highest BCUT2D eigenvalue weighted by Gasteiger charge is 2.14. The molecule has 0 unspecified atom stereocenters. The Hall–Kier alpha value is -2.99. The van der Waals surface area contributed by atoms with Crippen molar-refractivity contribution in [2.24, 2.45) is 0 Å². The van der Waals surface area contributed by atoms with Crippen LogP contribution in [0.3, 0.4) is 0 Å². The van der Waals surface area contributed by atoms with Gasteiger partial charge in [0.15, 0.2) is 11.6 Å². The third kappa shape index (κ3) is 4.80. The molecule has 0 aliphatic heterocycles. The number of carbonyl (C=O) groups is 1. The molecule has 5 nitrogen and oxygen atoms in total. The van der Waals surface area contributed by atoms with E-state index in [2.05, 4.69) is 15.3 Å². The first-order valence-electron chi connectivity index (χ1n) is 8.24. The van der Waals surface area contributed by atoms with Gasteiger partial charge in [-0.25, -0.2) is 4.39 Å². The number of anilines is 1. The largest absolute Gasteiger partial charge is 0.421 e. The van der Waals surface area contributed by atoms with E-state index in [-0.39, 0.29) is 24.1 Å². The molecule has 0 saturated heterocycles. The van der Waals surface area contributed by atoms with Gasteiger partial charge in [-0.2, -0.15) is 9.97 Å². The molecule has 2 aromatic carbocycles. The molecule has 0 saturated carbocycles. The predicted octanol–water partition coefficient (Wildman–Crippen LogP) is 4.86. The summed E-state index contributed by atoms with van der Waals surface area (Å²) >= 11 is 5.85. The Labute approximate surface area is 161 Å². The van der Waals surface area contributed by atoms with Gasteiger partial charge in [0, 0.05) is 5.02 Å². The van der Waals surface area contributed by atoms with Gasteiger partial charge >= 0.3 is 6.01 Å². The van der Waals surface area contributed by atoms with Crippen LogP contribution >= 0.6 is 11.6 Å². The van der Waals surface area contributed by atoms with Crippen LogP contribution in [0.1, 0.15) is 17.0 Å². The van der Waals surface area contributed by atoms with E-state index >= 15 is 0 Å². The number of nitrogens with zero attached hydrogens (tertiary/aromatic N) is 2. The Morgan fingerprint density at radius 1 is 1.07 bits per heavy atom. The van der Waals surface area contributed by atoms with Gasteiger partial charge < -0.3 is 10.1 Å². The summed E-state index contributed by atoms with van der Waals surface area (Å²) in [6.07, 6.45) is 0.198. The number of amides is 1. The molecule has 1 N–H and O–H groups in total. The molecule has 1 heterocycles. The van der Waals surface area contributed by atoms with E-state index in [1.807, 2.05) is 0 Å². The fourth-order valence-electron chi connectivity index (χ4n) is 2.51. The molecule has 7 heteroatoms. The van der Waals surface area contributed by atoms with E-state index in [4.69, 9.17) is 16.3 Å². The zero-order valence-corrected chi connectivity index (χ0v) is 15.5. The number of nitrogens with one attached hydrogen (secondary N) is 1. The van der Waals surface area contributed by atoms with Gasteiger partial charge in [-0.1, -0.05) is 35.9 Å². The average molecular weight is 386 g/mol. The monoisotopic (exact) mass is 385 g/mol. The number of para-hydroxylation sites is 1. The standard InChI is InChI=1S/C20H17ClFN3O2/c1-12-19(25-18(26)11-14-7-9-15(21)10-8-14)13(2)24-20(23-12)27-17-6-4-3-5-16(17)22/h3-10H,11H2,1-2H3,(H,25,26). The summed E-state index contributed by atoms with van der Waals surface area (Å²) in [5, 5.41) is 3.43. The molecule has 1 aromatic heterocycles. The summed E-state index contributed by atoms with van der Waals surface area (Å²) in [5.41, 5.74) is 2.40. The van der Waals surface area contributed by atoms with E-state index in [0.717, 1.165) is 5.56 Å². The van der Waals surface area contributed by atoms with Crippen molar-refractivity contribution < 1.29 is 13.9 Å². The van der Waals surface area contributed by atoms with E-state index in [1.54, 1.807) is 50.2 Å². The molecule has 3 aromatic rings. The molecular formula is C20H17ClFN3O2. The van der Waals surface area contributed by atoms with E-state index < -0.39 is 5.82 Å². The Kier molecular flexibility index (Phi) is 5.66. The van der Waals surface area contributed by atoms with Gasteiger partial charge in [0.1, 0.15) is 0 Å². The maximum atomic E-state index is 13.7. The van der Waals surface area contributed by atoms with Gasteiger partial charge in [-0.3, -0.25) is 4.79 Å². The van der Waals surface area contributed by atoms with Crippen molar-refractivity contribution in [1.29, 1.82) is 0 Å². The van der Waals surface area contributed by atoms with Gasteiger partial charge in [0.05, 0.1) is 23.5 Å². The second-order valence-electron chi connectivity index (χ2n) is 5.94. The molecule has 0 fully saturated rings. The summed E-state index contributed by atoms with van der Waals surface area (Å²) in [4.78, 5) is 20.7. The topological polar surface area (TPSA) is 64.1 Å². The highest BCUT2D eigenvalue weighted by atomic mass is 35.5. The molecule has 0 aliphatic carbocycles. The average Bonchev–Trinajstić information content (AvgIpc) is 2.62. The number of hydrogen-bond acceptors (Lipinski definition) is 4. The van der Waals surface area contributed by atoms with Crippen LogP contribution in [-0.2, 0) is 11.2 Å². The Balaban J connectivity index is 1.73. The minimum absolute atomic E-state index is 0.0193. The lowest BCUT2D eigenvalue weighted by Crippen LogP contribution is -2.17. The molecule has 138 valence electrons. The number of benzene rings is 2. The maximum Gasteiger partial charge on any atom is 0.322 e. The zero-order valence-electron chi connectivity index (χ0n) is 14.8. The number of carbonyl (C=O) groups excluding carboxylic acids is 1. The second-order valence-corrected chi connectivity index (χ2v) is 6.37. The predicted molar refractivity (Wildman–Crippen MR) is 102 cm³/mol. The maximum absolute atomic E-state index is 13.7. The summed E-state index contributed by atoms with van der Waals surface area (Å²) in [6, 6.07) is 13.1. The van der Waals surface area contributed by atoms with Crippen LogP contribution in [0.4, 0.5) is 10.1 Å². The summed E-state index contributed by atoms with van der Waals surface area (Å²) in [5.74, 6) is -0.664. The van der Waals surface area contributed by atoms with E-state index in [9.17, 15) is 9.18 Å². The van der Waals surface area contributed by atoms with Crippen LogP contribution < -0.4 is 10.1 Å². The number of hydrogen-bond donors (Lipinski definition) is 1. The second kappa shape index (κ2) is 8.14. The first kappa shape index (κ1) is 18.8. The van der Waals surface area contributed by atoms with Crippen LogP contribution in [0.5, 0.6) is 11.8 Å². The molecule has 27 heavy (non-hydrogen) atoms. The normalized spacial score (nSPS) is 10.5. The number of halogens is 2. The number of aromatic nitrogens is 2. The Morgan fingerprint density at radius 3 is 2.33 bits per heavy atom. The lowest BCUT2D eigenvalue weighted by Gasteiger charge is -2.12. The summed E-state index contributed by atoms with van der Waals surface area (Å²) in [7, 11) is 0. The van der Waals surface area contributed by atoms with Gasteiger partial charge in [0.2, 0.25) is 5.91 Å². The van der Waals surface area contributed by atoms with Gasteiger partial charge in [-0.15, -0.1) is 0 Å². The van der Waals surface area contributed by atoms with Crippen LogP contribution in [0.25, 0.3) is 0 Å². The van der Waals surface area contributed by atoms with Crippen molar-refractivity contribution in [3.8, 4) is 11.8 Å². The van der Waals surface area contributed by atoms with Crippen molar-refractivity contribution >= 4 is 23.2 Å². The van der Waals surface area contributed by atoms with Crippen LogP contribution in [-0.4, -0.2) is 15.9 Å². The van der Waals surface area contributed by atoms with Crippen LogP contribution in [0.15, 0.2) is 48.5 Å². The molecule has 0 aliphatic rings. The first-order valence-corrected chi connectivity index (χ1v) is 8.62. The quantitative estimate of drug-likeness (QED) is 0.681. The third-order valence-corrected chi connectivity index (χ3v) is 4.08. The molecule has 0 radical (unpaired) electrons. The minimum atomic E-state index is -0.503. The molecule has 0 bridgehead atoms. The van der Waals surface area contributed by atoms with E-state index in [0.29, 0.717) is 22.1 Å². The number of rotatable bonds is 5. The lowest BCUT2D eigenvalue weighted by molar-refractivity contribution is -0.115. The van der Waals surface area contributed by atoms with Crippen molar-refractivity contribution in [2.45, 2.75) is 20.3 Å². The smallest absolute Gasteiger partial charge is 0.322 e. The van der Waals surface area contributed by atoms with Crippen molar-refractivity contribution in [1.82, 2.24) is 9.97 Å². The van der Waals surface area contributed by atoms with Crippen LogP contribution in [0.2, 0.25) is 5.02 Å². The Morgan fingerprint density at radius 2 is 1.70 bits per heavy atom. The minimum Gasteiger partial charge on any atom is -0.421 e. The highest BCUT2D eigenvalue weighted by Crippen LogP contribution is 2.25. The number of ether oxygens (including phenoxy) is 1. The van der Waals surface area contributed by atoms with E-state index in [1.165, 1.54) is 12.1 Å². The molecule has 1 amide bonds. The summed E-state index contributed by atoms with van der Waals surface area (Å²) < 4.78 is 19.1. The lowest BCUT2D eigenvalue weighted by atomic mass is 10.1. The Bertz CT molecular complexity index is 954. The van der Waals surface area contributed by atoms with Crippen molar-refractivity contribution in [2.75, 3.05) is 5.32 Å². The number of aryl methyl sites for hydroxylation is 2. The molecular weight excluding hydrogens is 369 g/mol. The van der Waals surface area contributed by atoms with Crippen LogP contribution in [0, 0.1) is 19.7 Å². The van der Waals surface area contributed by atoms with Crippen molar-refractivity contribution in [3.05, 3.63) is 76.3 Å². The SMILES string of the molecule is Cc1nc(Oc2ccccc2F)nc(C)c1NC(=O)Cc1ccc(Cl)cc1. The fraction of sp³-hybridized carbons (Fsp3) is 0.150. The first-order chi connectivity index (χ1) is 12.9. The fourth-order valence-corrected chi connectivity index (χ4v) is 2.64. The molecule has 0 atom stereocenters. The zero-order chi connectivity index (χ0) is 19.4. The molecule has 0 spiro atoms. The molecule has 3 rings (SSSR count). The summed E-state index contributed by atoms with van der Waals surface area (Å²) in [6.45, 7) is 3.45. The van der Waals surface area contributed by atoms with Gasteiger partial charge in [0.25, 0.3) is 0 Å². The highest BCUT2D eigenvalue weighted by molar-refractivity contribution is 6.30. The third-order valence-electron chi connectivity index (χ3n) is 3.83.